The SMILES string of the molecule is CC(C)[C@H](NC(=O)[C@@H](N)CCCCN)C(=O)N[C@@H](CC(N)=O)C(=O)O. The molecule has 0 aliphatic rings. The molecule has 10 heteroatoms. The monoisotopic (exact) mass is 359 g/mol. The molecule has 3 amide bonds. The number of aliphatic carboxylic acids is 1. The van der Waals surface area contributed by atoms with Crippen LogP contribution < -0.4 is 27.8 Å². The van der Waals surface area contributed by atoms with Crippen molar-refractivity contribution in [1.29, 1.82) is 0 Å². The van der Waals surface area contributed by atoms with Crippen LogP contribution in [0.15, 0.2) is 0 Å². The van der Waals surface area contributed by atoms with Crippen LogP contribution >= 0.6 is 0 Å². The molecule has 0 radical (unpaired) electrons. The van der Waals surface area contributed by atoms with Gasteiger partial charge in [-0.1, -0.05) is 20.3 Å². The van der Waals surface area contributed by atoms with Crippen LogP contribution in [0.1, 0.15) is 39.5 Å². The molecule has 0 aliphatic carbocycles. The quantitative estimate of drug-likeness (QED) is 0.218. The molecule has 3 atom stereocenters. The van der Waals surface area contributed by atoms with E-state index in [1.54, 1.807) is 13.8 Å². The molecule has 0 saturated carbocycles. The van der Waals surface area contributed by atoms with E-state index in [2.05, 4.69) is 10.6 Å². The molecule has 0 bridgehead atoms. The molecule has 0 saturated heterocycles. The summed E-state index contributed by atoms with van der Waals surface area (Å²) in [5.74, 6) is -3.79. The van der Waals surface area contributed by atoms with Crippen LogP contribution in [0.3, 0.4) is 0 Å². The Morgan fingerprint density at radius 2 is 1.64 bits per heavy atom. The molecule has 0 rings (SSSR count). The lowest BCUT2D eigenvalue weighted by atomic mass is 10.0. The number of unbranched alkanes of at least 4 members (excludes halogenated alkanes) is 1. The number of amides is 3. The smallest absolute Gasteiger partial charge is 0.326 e. The number of carbonyl (C=O) groups excluding carboxylic acids is 3. The first-order valence-corrected chi connectivity index (χ1v) is 8.17. The largest absolute Gasteiger partial charge is 0.480 e. The fraction of sp³-hybridized carbons (Fsp3) is 0.733. The third-order valence-electron chi connectivity index (χ3n) is 3.57. The van der Waals surface area contributed by atoms with Gasteiger partial charge in [0.25, 0.3) is 0 Å². The molecule has 0 aliphatic heterocycles. The van der Waals surface area contributed by atoms with Crippen molar-refractivity contribution in [3.8, 4) is 0 Å². The van der Waals surface area contributed by atoms with Crippen LogP contribution in [0.2, 0.25) is 0 Å². The standard InChI is InChI=1S/C15H29N5O5/c1-8(2)12(20-13(22)9(17)5-3-4-6-16)14(23)19-10(15(24)25)7-11(18)21/h8-10,12H,3-7,16-17H2,1-2H3,(H2,18,21)(H,19,23)(H,20,22)(H,24,25)/t9-,10-,12-/m0/s1. The van der Waals surface area contributed by atoms with E-state index in [1.807, 2.05) is 0 Å². The summed E-state index contributed by atoms with van der Waals surface area (Å²) >= 11 is 0. The highest BCUT2D eigenvalue weighted by atomic mass is 16.4. The van der Waals surface area contributed by atoms with Crippen LogP contribution in [0.4, 0.5) is 0 Å². The first-order valence-electron chi connectivity index (χ1n) is 8.17. The molecule has 0 aromatic rings. The third-order valence-corrected chi connectivity index (χ3v) is 3.57. The third kappa shape index (κ3) is 9.01. The zero-order chi connectivity index (χ0) is 19.6. The molecule has 10 nitrogen and oxygen atoms in total. The minimum atomic E-state index is -1.46. The second kappa shape index (κ2) is 11.4. The summed E-state index contributed by atoms with van der Waals surface area (Å²) in [7, 11) is 0. The molecule has 0 aromatic heterocycles. The van der Waals surface area contributed by atoms with E-state index in [1.165, 1.54) is 0 Å². The predicted molar refractivity (Wildman–Crippen MR) is 91.0 cm³/mol. The van der Waals surface area contributed by atoms with Gasteiger partial charge < -0.3 is 32.9 Å². The number of hydrogen-bond donors (Lipinski definition) is 6. The van der Waals surface area contributed by atoms with Crippen LogP contribution in [0.5, 0.6) is 0 Å². The van der Waals surface area contributed by atoms with Crippen molar-refractivity contribution in [3.05, 3.63) is 0 Å². The number of carbonyl (C=O) groups is 4. The minimum absolute atomic E-state index is 0.316. The lowest BCUT2D eigenvalue weighted by Crippen LogP contribution is -2.56. The maximum Gasteiger partial charge on any atom is 0.326 e. The molecule has 0 spiro atoms. The Bertz CT molecular complexity index is 483. The number of carboxylic acid groups (broad SMARTS) is 1. The van der Waals surface area contributed by atoms with Crippen molar-refractivity contribution in [2.24, 2.45) is 23.1 Å². The number of nitrogens with one attached hydrogen (secondary N) is 2. The Morgan fingerprint density at radius 1 is 1.04 bits per heavy atom. The molecular formula is C15H29N5O5. The molecule has 25 heavy (non-hydrogen) atoms. The molecule has 0 heterocycles. The predicted octanol–water partition coefficient (Wildman–Crippen LogP) is -1.97. The summed E-state index contributed by atoms with van der Waals surface area (Å²) in [5.41, 5.74) is 16.1. The first-order chi connectivity index (χ1) is 11.6. The van der Waals surface area contributed by atoms with E-state index in [9.17, 15) is 19.2 Å². The van der Waals surface area contributed by atoms with Gasteiger partial charge in [0.15, 0.2) is 0 Å². The van der Waals surface area contributed by atoms with Gasteiger partial charge in [-0.05, 0) is 25.3 Å². The highest BCUT2D eigenvalue weighted by Gasteiger charge is 2.30. The average molecular weight is 359 g/mol. The Labute approximate surface area is 146 Å². The van der Waals surface area contributed by atoms with Crippen molar-refractivity contribution in [2.45, 2.75) is 57.7 Å². The van der Waals surface area contributed by atoms with Gasteiger partial charge >= 0.3 is 5.97 Å². The van der Waals surface area contributed by atoms with E-state index in [-0.39, 0.29) is 5.92 Å². The topological polar surface area (TPSA) is 191 Å². The van der Waals surface area contributed by atoms with Crippen LogP contribution in [0, 0.1) is 5.92 Å². The fourth-order valence-electron chi connectivity index (χ4n) is 2.10. The number of carboxylic acids is 1. The first kappa shape index (κ1) is 22.8. The molecule has 144 valence electrons. The van der Waals surface area contributed by atoms with Crippen molar-refractivity contribution in [2.75, 3.05) is 6.54 Å². The zero-order valence-corrected chi connectivity index (χ0v) is 14.7. The maximum absolute atomic E-state index is 12.3. The van der Waals surface area contributed by atoms with Crippen LogP contribution in [-0.4, -0.2) is 53.5 Å². The van der Waals surface area contributed by atoms with Gasteiger partial charge in [-0.2, -0.15) is 0 Å². The highest BCUT2D eigenvalue weighted by Crippen LogP contribution is 2.06. The second-order valence-corrected chi connectivity index (χ2v) is 6.19. The van der Waals surface area contributed by atoms with Crippen LogP contribution in [0.25, 0.3) is 0 Å². The van der Waals surface area contributed by atoms with Crippen molar-refractivity contribution in [3.63, 3.8) is 0 Å². The Morgan fingerprint density at radius 3 is 2.08 bits per heavy atom. The van der Waals surface area contributed by atoms with Gasteiger partial charge in [-0.3, -0.25) is 14.4 Å². The van der Waals surface area contributed by atoms with Crippen molar-refractivity contribution in [1.82, 2.24) is 10.6 Å². The lowest BCUT2D eigenvalue weighted by Gasteiger charge is -2.25. The van der Waals surface area contributed by atoms with Crippen LogP contribution in [-0.2, 0) is 19.2 Å². The van der Waals surface area contributed by atoms with Crippen molar-refractivity contribution >= 4 is 23.7 Å². The average Bonchev–Trinajstić information content (AvgIpc) is 2.50. The summed E-state index contributed by atoms with van der Waals surface area (Å²) in [4.78, 5) is 46.4. The summed E-state index contributed by atoms with van der Waals surface area (Å²) in [6.45, 7) is 3.88. The van der Waals surface area contributed by atoms with Gasteiger partial charge in [0.05, 0.1) is 12.5 Å². The summed E-state index contributed by atoms with van der Waals surface area (Å²) in [5, 5.41) is 13.8. The van der Waals surface area contributed by atoms with E-state index in [4.69, 9.17) is 22.3 Å². The van der Waals surface area contributed by atoms with E-state index in [0.717, 1.165) is 6.42 Å². The molecule has 9 N–H and O–H groups in total. The fourth-order valence-corrected chi connectivity index (χ4v) is 2.10. The molecular weight excluding hydrogens is 330 g/mol. The van der Waals surface area contributed by atoms with E-state index in [0.29, 0.717) is 19.4 Å². The number of primary amides is 1. The summed E-state index contributed by atoms with van der Waals surface area (Å²) < 4.78 is 0. The Hall–Kier alpha value is -2.20. The number of hydrogen-bond acceptors (Lipinski definition) is 6. The van der Waals surface area contributed by atoms with Gasteiger partial charge in [0.1, 0.15) is 12.1 Å². The minimum Gasteiger partial charge on any atom is -0.480 e. The van der Waals surface area contributed by atoms with Gasteiger partial charge in [-0.25, -0.2) is 4.79 Å². The Kier molecular flexibility index (Phi) is 10.4. The molecule has 0 fully saturated rings. The van der Waals surface area contributed by atoms with E-state index < -0.39 is 48.2 Å². The lowest BCUT2D eigenvalue weighted by molar-refractivity contribution is -0.144. The van der Waals surface area contributed by atoms with Crippen molar-refractivity contribution < 1.29 is 24.3 Å². The highest BCUT2D eigenvalue weighted by molar-refractivity contribution is 5.93. The maximum atomic E-state index is 12.3. The van der Waals surface area contributed by atoms with Gasteiger partial charge in [0.2, 0.25) is 17.7 Å². The van der Waals surface area contributed by atoms with Gasteiger partial charge in [-0.15, -0.1) is 0 Å². The number of nitrogens with two attached hydrogens (primary N) is 3. The molecule has 0 unspecified atom stereocenters. The zero-order valence-electron chi connectivity index (χ0n) is 14.7. The van der Waals surface area contributed by atoms with E-state index >= 15 is 0 Å². The van der Waals surface area contributed by atoms with Gasteiger partial charge in [0, 0.05) is 0 Å². The second-order valence-electron chi connectivity index (χ2n) is 6.19. The summed E-state index contributed by atoms with van der Waals surface area (Å²) in [6.07, 6.45) is 1.30. The normalized spacial score (nSPS) is 14.4. The number of rotatable bonds is 12. The summed E-state index contributed by atoms with van der Waals surface area (Å²) in [6, 6.07) is -3.23. The Balaban J connectivity index is 4.86. The molecule has 0 aromatic carbocycles.